The van der Waals surface area contributed by atoms with Gasteiger partial charge in [0.2, 0.25) is 0 Å². The summed E-state index contributed by atoms with van der Waals surface area (Å²) in [5.41, 5.74) is -0.451. The summed E-state index contributed by atoms with van der Waals surface area (Å²) in [5, 5.41) is 8.58. The predicted octanol–water partition coefficient (Wildman–Crippen LogP) is 2.13. The fourth-order valence-electron chi connectivity index (χ4n) is 0.413. The number of pyridine rings is 1. The van der Waals surface area contributed by atoms with Gasteiger partial charge in [0.25, 0.3) is 5.56 Å². The highest BCUT2D eigenvalue weighted by Gasteiger charge is 1.87. The topological polar surface area (TPSA) is 53.1 Å². The van der Waals surface area contributed by atoms with E-state index in [1.54, 1.807) is 6.07 Å². The third kappa shape index (κ3) is 5.53. The van der Waals surface area contributed by atoms with Gasteiger partial charge in [-0.3, -0.25) is 4.79 Å². The summed E-state index contributed by atoms with van der Waals surface area (Å²) in [4.78, 5) is 12.6. The van der Waals surface area contributed by atoms with Gasteiger partial charge in [-0.2, -0.15) is 0 Å². The molecule has 3 heteroatoms. The molecule has 0 radical (unpaired) electrons. The molecule has 0 unspecified atom stereocenters. The van der Waals surface area contributed by atoms with Crippen molar-refractivity contribution in [1.82, 2.24) is 4.98 Å². The first-order valence-electron chi connectivity index (χ1n) is 4.17. The first-order chi connectivity index (χ1) is 5.80. The summed E-state index contributed by atoms with van der Waals surface area (Å²) >= 11 is 0. The zero-order valence-corrected chi connectivity index (χ0v) is 8.09. The van der Waals surface area contributed by atoms with Crippen molar-refractivity contribution < 1.29 is 5.11 Å². The van der Waals surface area contributed by atoms with Crippen LogP contribution in [0, 0.1) is 0 Å². The second-order valence-electron chi connectivity index (χ2n) is 1.38. The maximum atomic E-state index is 10.3. The summed E-state index contributed by atoms with van der Waals surface area (Å²) in [5.74, 6) is -0.243. The summed E-state index contributed by atoms with van der Waals surface area (Å²) in [6.45, 7) is 8.00. The molecule has 0 saturated heterocycles. The van der Waals surface area contributed by atoms with Gasteiger partial charge >= 0.3 is 0 Å². The van der Waals surface area contributed by atoms with Crippen LogP contribution in [-0.2, 0) is 0 Å². The molecule has 12 heavy (non-hydrogen) atoms. The quantitative estimate of drug-likeness (QED) is 0.628. The van der Waals surface area contributed by atoms with Crippen LogP contribution in [0.4, 0.5) is 0 Å². The van der Waals surface area contributed by atoms with E-state index in [0.717, 1.165) is 0 Å². The molecule has 2 N–H and O–H groups in total. The zero-order chi connectivity index (χ0) is 9.98. The minimum absolute atomic E-state index is 0.243. The number of aromatic amines is 1. The molecule has 1 aromatic rings. The second kappa shape index (κ2) is 9.75. The van der Waals surface area contributed by atoms with E-state index < -0.39 is 5.56 Å². The Labute approximate surface area is 73.1 Å². The average molecular weight is 171 g/mol. The number of hydrogen-bond donors (Lipinski definition) is 2. The molecule has 1 aromatic heterocycles. The summed E-state index contributed by atoms with van der Waals surface area (Å²) in [7, 11) is 0. The molecular formula is C9H17NO2. The third-order valence-corrected chi connectivity index (χ3v) is 0.797. The van der Waals surface area contributed by atoms with Crippen LogP contribution < -0.4 is 5.56 Å². The minimum atomic E-state index is -0.451. The molecule has 0 aliphatic carbocycles. The van der Waals surface area contributed by atoms with E-state index in [0.29, 0.717) is 0 Å². The van der Waals surface area contributed by atoms with Crippen molar-refractivity contribution in [1.29, 1.82) is 0 Å². The minimum Gasteiger partial charge on any atom is -0.503 e. The number of hydrogen-bond acceptors (Lipinski definition) is 2. The fraction of sp³-hybridized carbons (Fsp3) is 0.444. The average Bonchev–Trinajstić information content (AvgIpc) is 2.17. The lowest BCUT2D eigenvalue weighted by molar-refractivity contribution is 0.466. The SMILES string of the molecule is CC.CC.O=c1[nH]cccc1O. The van der Waals surface area contributed by atoms with Crippen molar-refractivity contribution in [2.24, 2.45) is 0 Å². The standard InChI is InChI=1S/C5H5NO2.2C2H6/c7-4-2-1-3-6-5(4)8;2*1-2/h1-3,7H,(H,6,8);2*1-2H3. The highest BCUT2D eigenvalue weighted by Crippen LogP contribution is 1.92. The molecule has 3 nitrogen and oxygen atoms in total. The molecule has 0 aliphatic rings. The number of H-pyrrole nitrogens is 1. The molecule has 0 aromatic carbocycles. The fourth-order valence-corrected chi connectivity index (χ4v) is 0.413. The van der Waals surface area contributed by atoms with Gasteiger partial charge in [-0.25, -0.2) is 0 Å². The van der Waals surface area contributed by atoms with Crippen LogP contribution in [0.2, 0.25) is 0 Å². The molecule has 0 amide bonds. The lowest BCUT2D eigenvalue weighted by Crippen LogP contribution is -2.01. The van der Waals surface area contributed by atoms with Gasteiger partial charge < -0.3 is 10.1 Å². The van der Waals surface area contributed by atoms with Crippen LogP contribution in [0.3, 0.4) is 0 Å². The maximum Gasteiger partial charge on any atom is 0.290 e. The van der Waals surface area contributed by atoms with Crippen LogP contribution in [-0.4, -0.2) is 10.1 Å². The molecule has 1 heterocycles. The van der Waals surface area contributed by atoms with Crippen LogP contribution in [0.5, 0.6) is 5.75 Å². The molecule has 0 spiro atoms. The Bertz CT molecular complexity index is 230. The van der Waals surface area contributed by atoms with Crippen molar-refractivity contribution in [3.63, 3.8) is 0 Å². The number of nitrogens with one attached hydrogen (secondary N) is 1. The van der Waals surface area contributed by atoms with E-state index >= 15 is 0 Å². The number of rotatable bonds is 0. The second-order valence-corrected chi connectivity index (χ2v) is 1.38. The highest BCUT2D eigenvalue weighted by atomic mass is 16.3. The van der Waals surface area contributed by atoms with E-state index in [1.807, 2.05) is 27.7 Å². The molecule has 0 aliphatic heterocycles. The van der Waals surface area contributed by atoms with Crippen LogP contribution in [0.1, 0.15) is 27.7 Å². The zero-order valence-electron chi connectivity index (χ0n) is 8.09. The molecule has 1 rings (SSSR count). The normalized spacial score (nSPS) is 7.00. The van der Waals surface area contributed by atoms with E-state index in [1.165, 1.54) is 12.3 Å². The monoisotopic (exact) mass is 171 g/mol. The lowest BCUT2D eigenvalue weighted by Gasteiger charge is -1.83. The Morgan fingerprint density at radius 1 is 1.25 bits per heavy atom. The summed E-state index contributed by atoms with van der Waals surface area (Å²) in [6.07, 6.45) is 1.46. The highest BCUT2D eigenvalue weighted by molar-refractivity contribution is 5.12. The van der Waals surface area contributed by atoms with Gasteiger partial charge in [-0.1, -0.05) is 27.7 Å². The molecule has 0 atom stereocenters. The predicted molar refractivity (Wildman–Crippen MR) is 51.4 cm³/mol. The Hall–Kier alpha value is -1.25. The van der Waals surface area contributed by atoms with Gasteiger partial charge in [-0.05, 0) is 12.1 Å². The Balaban J connectivity index is 0. The van der Waals surface area contributed by atoms with Gasteiger partial charge in [0.05, 0.1) is 0 Å². The van der Waals surface area contributed by atoms with Crippen LogP contribution >= 0.6 is 0 Å². The Morgan fingerprint density at radius 3 is 2.00 bits per heavy atom. The molecule has 70 valence electrons. The largest absolute Gasteiger partial charge is 0.503 e. The van der Waals surface area contributed by atoms with Crippen molar-refractivity contribution in [2.45, 2.75) is 27.7 Å². The van der Waals surface area contributed by atoms with Crippen molar-refractivity contribution >= 4 is 0 Å². The number of aromatic nitrogens is 1. The molecule has 0 saturated carbocycles. The first kappa shape index (κ1) is 13.3. The van der Waals surface area contributed by atoms with Gasteiger partial charge in [-0.15, -0.1) is 0 Å². The number of aromatic hydroxyl groups is 1. The van der Waals surface area contributed by atoms with E-state index in [9.17, 15) is 4.79 Å². The van der Waals surface area contributed by atoms with Gasteiger partial charge in [0.1, 0.15) is 0 Å². The lowest BCUT2D eigenvalue weighted by atomic mass is 10.5. The van der Waals surface area contributed by atoms with Crippen molar-refractivity contribution in [3.05, 3.63) is 28.7 Å². The van der Waals surface area contributed by atoms with E-state index in [2.05, 4.69) is 4.98 Å². The maximum absolute atomic E-state index is 10.3. The summed E-state index contributed by atoms with van der Waals surface area (Å²) < 4.78 is 0. The van der Waals surface area contributed by atoms with Crippen LogP contribution in [0.15, 0.2) is 23.1 Å². The molecular weight excluding hydrogens is 154 g/mol. The van der Waals surface area contributed by atoms with Gasteiger partial charge in [0.15, 0.2) is 5.75 Å². The first-order valence-corrected chi connectivity index (χ1v) is 4.17. The molecule has 0 bridgehead atoms. The third-order valence-electron chi connectivity index (χ3n) is 0.797. The Kier molecular flexibility index (Phi) is 10.8. The summed E-state index contributed by atoms with van der Waals surface area (Å²) in [6, 6.07) is 2.88. The van der Waals surface area contributed by atoms with Crippen molar-refractivity contribution in [2.75, 3.05) is 0 Å². The van der Waals surface area contributed by atoms with E-state index in [-0.39, 0.29) is 5.75 Å². The smallest absolute Gasteiger partial charge is 0.290 e. The molecule has 0 fully saturated rings. The van der Waals surface area contributed by atoms with Gasteiger partial charge in [0, 0.05) is 6.20 Å². The van der Waals surface area contributed by atoms with Crippen molar-refractivity contribution in [3.8, 4) is 5.75 Å². The van der Waals surface area contributed by atoms with E-state index in [4.69, 9.17) is 5.11 Å². The van der Waals surface area contributed by atoms with Crippen LogP contribution in [0.25, 0.3) is 0 Å². The Morgan fingerprint density at radius 2 is 1.75 bits per heavy atom.